The second-order valence-corrected chi connectivity index (χ2v) is 8.94. The van der Waals surface area contributed by atoms with Crippen LogP contribution in [0.4, 0.5) is 5.00 Å². The molecule has 1 aliphatic carbocycles. The van der Waals surface area contributed by atoms with Crippen molar-refractivity contribution in [1.82, 2.24) is 5.32 Å². The lowest BCUT2D eigenvalue weighted by Gasteiger charge is -2.27. The van der Waals surface area contributed by atoms with Gasteiger partial charge in [-0.25, -0.2) is 0 Å². The Morgan fingerprint density at radius 3 is 2.46 bits per heavy atom. The second-order valence-electron chi connectivity index (χ2n) is 7.84. The van der Waals surface area contributed by atoms with Crippen LogP contribution in [0.3, 0.4) is 0 Å². The summed E-state index contributed by atoms with van der Waals surface area (Å²) in [6, 6.07) is 8.57. The Hall–Kier alpha value is -1.81. The summed E-state index contributed by atoms with van der Waals surface area (Å²) in [6.45, 7) is 6.64. The average molecular weight is 340 g/mol. The maximum Gasteiger partial charge on any atom is 0.256 e. The van der Waals surface area contributed by atoms with Crippen LogP contribution < -0.4 is 10.6 Å². The van der Waals surface area contributed by atoms with Gasteiger partial charge >= 0.3 is 0 Å². The fourth-order valence-electron chi connectivity index (χ4n) is 3.62. The van der Waals surface area contributed by atoms with Crippen LogP contribution in [-0.2, 0) is 18.3 Å². The number of nitrogens with one attached hydrogen (secondary N) is 2. The van der Waals surface area contributed by atoms with Gasteiger partial charge in [-0.1, -0.05) is 45.0 Å². The lowest BCUT2D eigenvalue weighted by atomic mass is 9.86. The summed E-state index contributed by atoms with van der Waals surface area (Å²) in [4.78, 5) is 14.1. The van der Waals surface area contributed by atoms with Gasteiger partial charge in [0.1, 0.15) is 11.2 Å². The minimum absolute atomic E-state index is 0.0769. The molecule has 2 N–H and O–H groups in total. The van der Waals surface area contributed by atoms with Crippen molar-refractivity contribution >= 4 is 22.2 Å². The zero-order valence-electron chi connectivity index (χ0n) is 14.5. The number of thiophene rings is 1. The molecule has 2 aromatic rings. The summed E-state index contributed by atoms with van der Waals surface area (Å²) < 4.78 is 0. The Morgan fingerprint density at radius 1 is 1.04 bits per heavy atom. The molecule has 126 valence electrons. The molecule has 0 radical (unpaired) electrons. The Morgan fingerprint density at radius 2 is 1.75 bits per heavy atom. The molecule has 1 atom stereocenters. The second kappa shape index (κ2) is 5.62. The van der Waals surface area contributed by atoms with E-state index in [1.807, 2.05) is 0 Å². The van der Waals surface area contributed by atoms with E-state index in [9.17, 15) is 4.79 Å². The number of aryl methyl sites for hydroxylation is 1. The van der Waals surface area contributed by atoms with Gasteiger partial charge in [-0.2, -0.15) is 0 Å². The summed E-state index contributed by atoms with van der Waals surface area (Å²) in [5.74, 6) is 0.0769. The van der Waals surface area contributed by atoms with Crippen molar-refractivity contribution < 1.29 is 4.79 Å². The SMILES string of the molecule is CC(C)(C)c1ccc([C@@H]2NC(=O)c3c(sc4c3CCCC4)N2)cc1. The van der Waals surface area contributed by atoms with E-state index in [-0.39, 0.29) is 17.5 Å². The maximum atomic E-state index is 12.7. The quantitative estimate of drug-likeness (QED) is 0.784. The maximum absolute atomic E-state index is 12.7. The first-order chi connectivity index (χ1) is 11.4. The third kappa shape index (κ3) is 2.63. The summed E-state index contributed by atoms with van der Waals surface area (Å²) in [7, 11) is 0. The number of hydrogen-bond acceptors (Lipinski definition) is 3. The van der Waals surface area contributed by atoms with Crippen molar-refractivity contribution in [3.63, 3.8) is 0 Å². The summed E-state index contributed by atoms with van der Waals surface area (Å²) in [5, 5.41) is 7.74. The fourth-order valence-corrected chi connectivity index (χ4v) is 4.94. The first-order valence-corrected chi connectivity index (χ1v) is 9.57. The lowest BCUT2D eigenvalue weighted by molar-refractivity contribution is 0.0935. The van der Waals surface area contributed by atoms with Crippen LogP contribution in [0.15, 0.2) is 24.3 Å². The van der Waals surface area contributed by atoms with E-state index in [4.69, 9.17) is 0 Å². The van der Waals surface area contributed by atoms with Crippen LogP contribution >= 0.6 is 11.3 Å². The molecule has 0 saturated carbocycles. The molecule has 2 heterocycles. The van der Waals surface area contributed by atoms with Gasteiger partial charge in [0.2, 0.25) is 0 Å². The standard InChI is InChI=1S/C20H24N2OS/c1-20(2,3)13-10-8-12(9-11-13)17-21-18(23)16-14-6-4-5-7-15(14)24-19(16)22-17/h8-11,17,22H,4-7H2,1-3H3,(H,21,23)/t17-/m1/s1. The molecule has 0 unspecified atom stereocenters. The Balaban J connectivity index is 1.63. The smallest absolute Gasteiger partial charge is 0.256 e. The number of anilines is 1. The minimum atomic E-state index is -0.140. The molecule has 24 heavy (non-hydrogen) atoms. The number of rotatable bonds is 1. The van der Waals surface area contributed by atoms with E-state index >= 15 is 0 Å². The van der Waals surface area contributed by atoms with E-state index in [1.54, 1.807) is 11.3 Å². The molecule has 3 nitrogen and oxygen atoms in total. The highest BCUT2D eigenvalue weighted by Crippen LogP contribution is 2.41. The predicted octanol–water partition coefficient (Wildman–Crippen LogP) is 4.78. The molecule has 1 aliphatic heterocycles. The first-order valence-electron chi connectivity index (χ1n) is 8.76. The van der Waals surface area contributed by atoms with E-state index < -0.39 is 0 Å². The molecule has 0 bridgehead atoms. The van der Waals surface area contributed by atoms with Crippen molar-refractivity contribution in [1.29, 1.82) is 0 Å². The van der Waals surface area contributed by atoms with Crippen LogP contribution in [0.2, 0.25) is 0 Å². The van der Waals surface area contributed by atoms with Gasteiger partial charge in [-0.3, -0.25) is 4.79 Å². The number of benzene rings is 1. The molecule has 4 heteroatoms. The summed E-state index contributed by atoms with van der Waals surface area (Å²) >= 11 is 1.78. The van der Waals surface area contributed by atoms with Crippen molar-refractivity contribution in [3.8, 4) is 0 Å². The lowest BCUT2D eigenvalue weighted by Crippen LogP contribution is -2.38. The van der Waals surface area contributed by atoms with E-state index in [2.05, 4.69) is 55.7 Å². The fraction of sp³-hybridized carbons (Fsp3) is 0.450. The van der Waals surface area contributed by atoms with Crippen molar-refractivity contribution in [2.24, 2.45) is 0 Å². The zero-order chi connectivity index (χ0) is 16.9. The van der Waals surface area contributed by atoms with Crippen LogP contribution in [0, 0.1) is 0 Å². The van der Waals surface area contributed by atoms with Gasteiger partial charge in [-0.05, 0) is 47.8 Å². The molecular weight excluding hydrogens is 316 g/mol. The van der Waals surface area contributed by atoms with Crippen LogP contribution in [0.25, 0.3) is 0 Å². The van der Waals surface area contributed by atoms with Gasteiger partial charge in [0.05, 0.1) is 5.56 Å². The third-order valence-electron chi connectivity index (χ3n) is 5.06. The molecular formula is C20H24N2OS. The van der Waals surface area contributed by atoms with Crippen LogP contribution in [0.1, 0.15) is 71.7 Å². The zero-order valence-corrected chi connectivity index (χ0v) is 15.3. The van der Waals surface area contributed by atoms with Gasteiger partial charge in [0.25, 0.3) is 5.91 Å². The van der Waals surface area contributed by atoms with Gasteiger partial charge < -0.3 is 10.6 Å². The Kier molecular flexibility index (Phi) is 3.68. The number of amides is 1. The third-order valence-corrected chi connectivity index (χ3v) is 6.28. The van der Waals surface area contributed by atoms with Crippen molar-refractivity contribution in [2.45, 2.75) is 58.0 Å². The Bertz CT molecular complexity index is 783. The van der Waals surface area contributed by atoms with Crippen molar-refractivity contribution in [3.05, 3.63) is 51.4 Å². The van der Waals surface area contributed by atoms with E-state index in [0.717, 1.165) is 29.0 Å². The first kappa shape index (κ1) is 15.7. The van der Waals surface area contributed by atoms with Crippen molar-refractivity contribution in [2.75, 3.05) is 5.32 Å². The molecule has 0 saturated heterocycles. The van der Waals surface area contributed by atoms with Crippen LogP contribution in [0.5, 0.6) is 0 Å². The monoisotopic (exact) mass is 340 g/mol. The summed E-state index contributed by atoms with van der Waals surface area (Å²) in [5.41, 5.74) is 4.74. The highest BCUT2D eigenvalue weighted by atomic mass is 32.1. The molecule has 0 spiro atoms. The number of carbonyl (C=O) groups excluding carboxylic acids is 1. The number of fused-ring (bicyclic) bond motifs is 3. The molecule has 4 rings (SSSR count). The number of hydrogen-bond donors (Lipinski definition) is 2. The summed E-state index contributed by atoms with van der Waals surface area (Å²) in [6.07, 6.45) is 4.46. The topological polar surface area (TPSA) is 41.1 Å². The highest BCUT2D eigenvalue weighted by molar-refractivity contribution is 7.16. The molecule has 2 aliphatic rings. The highest BCUT2D eigenvalue weighted by Gasteiger charge is 2.32. The Labute approximate surface area is 147 Å². The molecule has 1 aromatic carbocycles. The number of carbonyl (C=O) groups is 1. The minimum Gasteiger partial charge on any atom is -0.353 e. The largest absolute Gasteiger partial charge is 0.353 e. The van der Waals surface area contributed by atoms with Gasteiger partial charge in [-0.15, -0.1) is 11.3 Å². The molecule has 0 fully saturated rings. The van der Waals surface area contributed by atoms with Crippen LogP contribution in [-0.4, -0.2) is 5.91 Å². The molecule has 1 aromatic heterocycles. The van der Waals surface area contributed by atoms with E-state index in [1.165, 1.54) is 28.8 Å². The molecule has 1 amide bonds. The normalized spacial score (nSPS) is 20.0. The predicted molar refractivity (Wildman–Crippen MR) is 99.9 cm³/mol. The van der Waals surface area contributed by atoms with E-state index in [0.29, 0.717) is 0 Å². The van der Waals surface area contributed by atoms with Gasteiger partial charge in [0, 0.05) is 4.88 Å². The average Bonchev–Trinajstić information content (AvgIpc) is 2.93. The van der Waals surface area contributed by atoms with Gasteiger partial charge in [0.15, 0.2) is 0 Å².